The van der Waals surface area contributed by atoms with E-state index in [0.717, 1.165) is 4.90 Å². The first-order valence-electron chi connectivity index (χ1n) is 4.11. The Balaban J connectivity index is 2.32. The largest absolute Gasteiger partial charge is 0.389 e. The van der Waals surface area contributed by atoms with Crippen LogP contribution in [-0.4, -0.2) is 47.9 Å². The van der Waals surface area contributed by atoms with Crippen LogP contribution >= 0.6 is 0 Å². The SMILES string of the molecule is C#CCOCC(O)CN1C(=O)N=NC1=O. The van der Waals surface area contributed by atoms with E-state index in [1.807, 2.05) is 0 Å². The number of hydrogen-bond acceptors (Lipinski definition) is 4. The number of hydrogen-bond donors (Lipinski definition) is 1. The Labute approximate surface area is 85.7 Å². The van der Waals surface area contributed by atoms with Gasteiger partial charge in [-0.15, -0.1) is 6.42 Å². The van der Waals surface area contributed by atoms with Gasteiger partial charge in [0.1, 0.15) is 6.61 Å². The van der Waals surface area contributed by atoms with Crippen molar-refractivity contribution in [3.05, 3.63) is 0 Å². The van der Waals surface area contributed by atoms with E-state index in [4.69, 9.17) is 11.2 Å². The zero-order valence-electron chi connectivity index (χ0n) is 7.79. The van der Waals surface area contributed by atoms with Crippen LogP contribution in [-0.2, 0) is 4.74 Å². The molecule has 0 bridgehead atoms. The Morgan fingerprint density at radius 3 is 2.60 bits per heavy atom. The molecule has 1 rings (SSSR count). The molecule has 1 N–H and O–H groups in total. The van der Waals surface area contributed by atoms with Crippen molar-refractivity contribution in [1.29, 1.82) is 0 Å². The number of aliphatic hydroxyl groups excluding tert-OH is 1. The first-order chi connectivity index (χ1) is 7.15. The lowest BCUT2D eigenvalue weighted by molar-refractivity contribution is 0.0410. The van der Waals surface area contributed by atoms with Crippen LogP contribution in [0, 0.1) is 12.3 Å². The summed E-state index contributed by atoms with van der Waals surface area (Å²) in [6.45, 7) is -0.190. The van der Waals surface area contributed by atoms with Crippen molar-refractivity contribution < 1.29 is 19.4 Å². The highest BCUT2D eigenvalue weighted by Crippen LogP contribution is 2.07. The van der Waals surface area contributed by atoms with Crippen molar-refractivity contribution in [1.82, 2.24) is 4.90 Å². The maximum Gasteiger partial charge on any atom is 0.370 e. The summed E-state index contributed by atoms with van der Waals surface area (Å²) < 4.78 is 4.83. The summed E-state index contributed by atoms with van der Waals surface area (Å²) in [4.78, 5) is 22.5. The fourth-order valence-corrected chi connectivity index (χ4v) is 0.949. The molecule has 1 atom stereocenters. The zero-order valence-corrected chi connectivity index (χ0v) is 7.79. The second-order valence-electron chi connectivity index (χ2n) is 2.75. The first kappa shape index (κ1) is 11.3. The summed E-state index contributed by atoms with van der Waals surface area (Å²) in [5, 5.41) is 15.4. The van der Waals surface area contributed by atoms with Gasteiger partial charge in [-0.1, -0.05) is 16.1 Å². The summed E-state index contributed by atoms with van der Waals surface area (Å²) in [7, 11) is 0. The standard InChI is InChI=1S/C8H9N3O4/c1-2-3-15-5-6(12)4-11-7(13)9-10-8(11)14/h1,6,12H,3-5H2. The van der Waals surface area contributed by atoms with Gasteiger partial charge in [0, 0.05) is 0 Å². The van der Waals surface area contributed by atoms with Crippen molar-refractivity contribution in [2.24, 2.45) is 10.2 Å². The summed E-state index contributed by atoms with van der Waals surface area (Å²) in [6.07, 6.45) is 3.93. The van der Waals surface area contributed by atoms with E-state index in [-0.39, 0.29) is 19.8 Å². The molecular formula is C8H9N3O4. The van der Waals surface area contributed by atoms with Crippen LogP contribution in [0.4, 0.5) is 9.59 Å². The lowest BCUT2D eigenvalue weighted by atomic mass is 10.3. The minimum Gasteiger partial charge on any atom is -0.389 e. The molecule has 0 saturated heterocycles. The van der Waals surface area contributed by atoms with Gasteiger partial charge in [-0.25, -0.2) is 14.5 Å². The molecule has 0 aromatic heterocycles. The third-order valence-corrected chi connectivity index (χ3v) is 1.57. The fraction of sp³-hybridized carbons (Fsp3) is 0.500. The lowest BCUT2D eigenvalue weighted by Crippen LogP contribution is -2.37. The van der Waals surface area contributed by atoms with Gasteiger partial charge in [0.25, 0.3) is 0 Å². The number of carbonyl (C=O) groups excluding carboxylic acids is 2. The Morgan fingerprint density at radius 2 is 2.07 bits per heavy atom. The minimum atomic E-state index is -0.991. The van der Waals surface area contributed by atoms with Gasteiger partial charge in [0.15, 0.2) is 0 Å². The van der Waals surface area contributed by atoms with Crippen LogP contribution in [0.3, 0.4) is 0 Å². The summed E-state index contributed by atoms with van der Waals surface area (Å²) >= 11 is 0. The van der Waals surface area contributed by atoms with E-state index in [2.05, 4.69) is 16.1 Å². The highest BCUT2D eigenvalue weighted by atomic mass is 16.5. The van der Waals surface area contributed by atoms with Gasteiger partial charge >= 0.3 is 12.1 Å². The molecule has 7 heteroatoms. The first-order valence-corrected chi connectivity index (χ1v) is 4.11. The number of azo groups is 1. The number of rotatable bonds is 5. The molecule has 1 aliphatic rings. The fourth-order valence-electron chi connectivity index (χ4n) is 0.949. The molecule has 1 aliphatic heterocycles. The van der Waals surface area contributed by atoms with Crippen LogP contribution in [0.5, 0.6) is 0 Å². The van der Waals surface area contributed by atoms with Gasteiger partial charge in [-0.2, -0.15) is 0 Å². The minimum absolute atomic E-state index is 0.0543. The summed E-state index contributed by atoms with van der Waals surface area (Å²) in [5.41, 5.74) is 0. The van der Waals surface area contributed by atoms with E-state index in [0.29, 0.717) is 0 Å². The van der Waals surface area contributed by atoms with Crippen molar-refractivity contribution in [3.63, 3.8) is 0 Å². The predicted octanol–water partition coefficient (Wildman–Crippen LogP) is 0.00490. The molecule has 0 spiro atoms. The number of urea groups is 2. The number of β-amino-alcohol motifs (C(OH)–C–C–N with tert-alkyl or cyclic N) is 1. The molecule has 1 heterocycles. The number of amides is 4. The summed E-state index contributed by atoms with van der Waals surface area (Å²) in [6, 6.07) is -1.56. The van der Waals surface area contributed by atoms with Gasteiger partial charge in [0.2, 0.25) is 0 Å². The summed E-state index contributed by atoms with van der Waals surface area (Å²) in [5.74, 6) is 2.22. The number of aliphatic hydroxyl groups is 1. The Morgan fingerprint density at radius 1 is 1.47 bits per heavy atom. The van der Waals surface area contributed by atoms with Gasteiger partial charge < -0.3 is 9.84 Å². The quantitative estimate of drug-likeness (QED) is 0.512. The van der Waals surface area contributed by atoms with Crippen LogP contribution in [0.25, 0.3) is 0 Å². The van der Waals surface area contributed by atoms with E-state index in [9.17, 15) is 14.7 Å². The number of imide groups is 1. The Kier molecular flexibility index (Phi) is 3.91. The smallest absolute Gasteiger partial charge is 0.370 e. The monoisotopic (exact) mass is 211 g/mol. The van der Waals surface area contributed by atoms with E-state index in [1.54, 1.807) is 0 Å². The maximum absolute atomic E-state index is 10.9. The van der Waals surface area contributed by atoms with Crippen molar-refractivity contribution >= 4 is 12.1 Å². The van der Waals surface area contributed by atoms with E-state index in [1.165, 1.54) is 0 Å². The molecule has 0 saturated carbocycles. The van der Waals surface area contributed by atoms with Crippen LogP contribution in [0.15, 0.2) is 10.2 Å². The van der Waals surface area contributed by atoms with Crippen LogP contribution < -0.4 is 0 Å². The van der Waals surface area contributed by atoms with Gasteiger partial charge in [-0.05, 0) is 0 Å². The molecule has 0 aromatic rings. The maximum atomic E-state index is 10.9. The van der Waals surface area contributed by atoms with E-state index >= 15 is 0 Å². The topological polar surface area (TPSA) is 91.6 Å². The second kappa shape index (κ2) is 5.19. The number of nitrogens with zero attached hydrogens (tertiary/aromatic N) is 3. The average Bonchev–Trinajstić information content (AvgIpc) is 2.50. The van der Waals surface area contributed by atoms with Crippen LogP contribution in [0.2, 0.25) is 0 Å². The molecule has 1 unspecified atom stereocenters. The predicted molar refractivity (Wildman–Crippen MR) is 48.0 cm³/mol. The van der Waals surface area contributed by atoms with E-state index < -0.39 is 18.2 Å². The molecule has 0 radical (unpaired) electrons. The van der Waals surface area contributed by atoms with Gasteiger partial charge in [0.05, 0.1) is 19.3 Å². The average molecular weight is 211 g/mol. The molecule has 7 nitrogen and oxygen atoms in total. The molecule has 0 fully saturated rings. The number of terminal acetylenes is 1. The Bertz CT molecular complexity index is 315. The molecule has 4 amide bonds. The Hall–Kier alpha value is -1.78. The third kappa shape index (κ3) is 3.12. The highest BCUT2D eigenvalue weighted by Gasteiger charge is 2.29. The molecule has 0 aromatic carbocycles. The zero-order chi connectivity index (χ0) is 11.3. The number of carbonyl (C=O) groups is 2. The molecule has 15 heavy (non-hydrogen) atoms. The number of ether oxygens (including phenoxy) is 1. The van der Waals surface area contributed by atoms with Crippen molar-refractivity contribution in [2.45, 2.75) is 6.10 Å². The highest BCUT2D eigenvalue weighted by molar-refractivity contribution is 5.98. The second-order valence-corrected chi connectivity index (χ2v) is 2.75. The van der Waals surface area contributed by atoms with Crippen molar-refractivity contribution in [2.75, 3.05) is 19.8 Å². The molecular weight excluding hydrogens is 202 g/mol. The molecule has 0 aliphatic carbocycles. The molecule has 80 valence electrons. The third-order valence-electron chi connectivity index (χ3n) is 1.57. The normalized spacial score (nSPS) is 16.9. The lowest BCUT2D eigenvalue weighted by Gasteiger charge is -2.15. The van der Waals surface area contributed by atoms with Crippen molar-refractivity contribution in [3.8, 4) is 12.3 Å². The van der Waals surface area contributed by atoms with Gasteiger partial charge in [-0.3, -0.25) is 0 Å². The van der Waals surface area contributed by atoms with Crippen LogP contribution in [0.1, 0.15) is 0 Å².